The monoisotopic (exact) mass is 604 g/mol. The fourth-order valence-corrected chi connectivity index (χ4v) is 6.76. The van der Waals surface area contributed by atoms with Crippen LogP contribution in [0.25, 0.3) is 75.9 Å². The standard InChI is InChI=1S/C40H26N4S/c1-3-12-26(13-4-1)28-16-11-17-29(24-28)40-42-36(41-39(43-40)27-14-5-2-6-15-27)25-44-33-20-9-7-18-30(33)31-22-23-35-37(38(31)44)32-19-8-10-21-34(32)45-35/h1-24H,25H2/i7D,8D,9D,10D,18D,19D,20D,21D,22D,23D. The molecule has 9 aromatic rings. The van der Waals surface area contributed by atoms with E-state index in [0.717, 1.165) is 22.5 Å². The normalized spacial score (nSPS) is 14.8. The molecule has 0 saturated heterocycles. The minimum atomic E-state index is -0.508. The maximum absolute atomic E-state index is 9.23. The van der Waals surface area contributed by atoms with E-state index in [1.165, 1.54) is 0 Å². The number of rotatable bonds is 5. The lowest BCUT2D eigenvalue weighted by Gasteiger charge is -2.12. The SMILES string of the molecule is [2H]c1c([2H])c([2H])c2c(sc3c([2H])c([2H])c4c5c([2H])c([2H])c([2H])c([2H])c5n(Cc5nc(-c6ccccc6)nc(-c6cccc(-c7ccccc7)c6)n5)c4c32)c1[2H]. The van der Waals surface area contributed by atoms with Crippen molar-refractivity contribution in [2.45, 2.75) is 6.54 Å². The van der Waals surface area contributed by atoms with Crippen LogP contribution in [0.2, 0.25) is 0 Å². The van der Waals surface area contributed by atoms with Gasteiger partial charge in [-0.25, -0.2) is 15.0 Å². The van der Waals surface area contributed by atoms with Gasteiger partial charge in [0.15, 0.2) is 17.5 Å². The van der Waals surface area contributed by atoms with Gasteiger partial charge in [0.1, 0.15) is 0 Å². The van der Waals surface area contributed by atoms with Gasteiger partial charge in [-0.05, 0) is 35.3 Å². The van der Waals surface area contributed by atoms with Crippen LogP contribution in [0.4, 0.5) is 0 Å². The van der Waals surface area contributed by atoms with E-state index in [1.807, 2.05) is 84.9 Å². The Morgan fingerprint density at radius 1 is 0.556 bits per heavy atom. The van der Waals surface area contributed by atoms with Crippen molar-refractivity contribution in [2.24, 2.45) is 0 Å². The Bertz CT molecular complexity index is 3070. The summed E-state index contributed by atoms with van der Waals surface area (Å²) in [5.41, 5.74) is 3.65. The Kier molecular flexibility index (Phi) is 4.11. The number of para-hydroxylation sites is 1. The zero-order valence-corrected chi connectivity index (χ0v) is 24.3. The number of fused-ring (bicyclic) bond motifs is 7. The smallest absolute Gasteiger partial charge is 0.163 e. The van der Waals surface area contributed by atoms with Gasteiger partial charge in [0.05, 0.1) is 25.8 Å². The van der Waals surface area contributed by atoms with Crippen molar-refractivity contribution in [3.05, 3.63) is 151 Å². The van der Waals surface area contributed by atoms with E-state index in [1.54, 1.807) is 4.57 Å². The third kappa shape index (κ3) is 4.40. The zero-order chi connectivity index (χ0) is 38.4. The Hall–Kier alpha value is -5.65. The number of nitrogens with zero attached hydrogens (tertiary/aromatic N) is 4. The van der Waals surface area contributed by atoms with Gasteiger partial charge in [0.2, 0.25) is 0 Å². The van der Waals surface area contributed by atoms with Gasteiger partial charge in [0, 0.05) is 47.6 Å². The van der Waals surface area contributed by atoms with Crippen molar-refractivity contribution in [1.29, 1.82) is 0 Å². The van der Waals surface area contributed by atoms with Crippen LogP contribution in [0.5, 0.6) is 0 Å². The molecule has 0 saturated carbocycles. The Balaban J connectivity index is 1.40. The molecule has 0 fully saturated rings. The molecule has 5 heteroatoms. The highest BCUT2D eigenvalue weighted by molar-refractivity contribution is 7.26. The summed E-state index contributed by atoms with van der Waals surface area (Å²) in [7, 11) is 0. The van der Waals surface area contributed by atoms with Gasteiger partial charge in [0.25, 0.3) is 0 Å². The van der Waals surface area contributed by atoms with Crippen LogP contribution in [0.1, 0.15) is 19.5 Å². The second-order valence-electron chi connectivity index (χ2n) is 10.5. The third-order valence-electron chi connectivity index (χ3n) is 7.81. The van der Waals surface area contributed by atoms with Crippen molar-refractivity contribution in [3.8, 4) is 33.9 Å². The van der Waals surface area contributed by atoms with Gasteiger partial charge in [-0.15, -0.1) is 11.3 Å². The molecular weight excluding hydrogens is 569 g/mol. The van der Waals surface area contributed by atoms with Gasteiger partial charge in [-0.1, -0.05) is 121 Å². The molecule has 212 valence electrons. The number of aromatic nitrogens is 4. The van der Waals surface area contributed by atoms with Crippen LogP contribution < -0.4 is 0 Å². The summed E-state index contributed by atoms with van der Waals surface area (Å²) in [5, 5.41) is 0.487. The molecule has 3 aromatic heterocycles. The van der Waals surface area contributed by atoms with Crippen molar-refractivity contribution in [1.82, 2.24) is 19.5 Å². The minimum absolute atomic E-state index is 0.0229. The highest BCUT2D eigenvalue weighted by atomic mass is 32.1. The number of hydrogen-bond donors (Lipinski definition) is 0. The van der Waals surface area contributed by atoms with Gasteiger partial charge < -0.3 is 4.57 Å². The summed E-state index contributed by atoms with van der Waals surface area (Å²) >= 11 is 0.979. The van der Waals surface area contributed by atoms with E-state index in [0.29, 0.717) is 22.8 Å². The highest BCUT2D eigenvalue weighted by Gasteiger charge is 2.19. The van der Waals surface area contributed by atoms with Crippen molar-refractivity contribution < 1.29 is 13.7 Å². The quantitative estimate of drug-likeness (QED) is 0.196. The molecule has 0 aliphatic carbocycles. The Morgan fingerprint density at radius 3 is 2.04 bits per heavy atom. The first kappa shape index (κ1) is 17.6. The summed E-state index contributed by atoms with van der Waals surface area (Å²) in [6.45, 7) is -0.176. The molecule has 0 aliphatic heterocycles. The van der Waals surface area contributed by atoms with Crippen molar-refractivity contribution in [3.63, 3.8) is 0 Å². The van der Waals surface area contributed by atoms with Crippen molar-refractivity contribution >= 4 is 53.3 Å². The number of hydrogen-bond acceptors (Lipinski definition) is 4. The van der Waals surface area contributed by atoms with Gasteiger partial charge in [-0.2, -0.15) is 0 Å². The summed E-state index contributed by atoms with van der Waals surface area (Å²) in [5.74, 6) is 0.957. The summed E-state index contributed by atoms with van der Waals surface area (Å²) in [4.78, 5) is 14.7. The molecule has 0 radical (unpaired) electrons. The van der Waals surface area contributed by atoms with Crippen molar-refractivity contribution in [2.75, 3.05) is 0 Å². The lowest BCUT2D eigenvalue weighted by molar-refractivity contribution is 0.787. The molecule has 0 aliphatic rings. The molecule has 4 nitrogen and oxygen atoms in total. The van der Waals surface area contributed by atoms with Crippen LogP contribution in [-0.2, 0) is 6.54 Å². The van der Waals surface area contributed by atoms with Crippen LogP contribution in [-0.4, -0.2) is 19.5 Å². The average Bonchev–Trinajstić information content (AvgIpc) is 3.77. The highest BCUT2D eigenvalue weighted by Crippen LogP contribution is 2.42. The number of benzene rings is 6. The predicted molar refractivity (Wildman–Crippen MR) is 188 cm³/mol. The predicted octanol–water partition coefficient (Wildman–Crippen LogP) is 10.4. The minimum Gasteiger partial charge on any atom is -0.332 e. The zero-order valence-electron chi connectivity index (χ0n) is 33.5. The largest absolute Gasteiger partial charge is 0.332 e. The van der Waals surface area contributed by atoms with Crippen LogP contribution in [0, 0.1) is 0 Å². The molecular formula is C40H26N4S. The average molecular weight is 605 g/mol. The topological polar surface area (TPSA) is 43.6 Å². The maximum atomic E-state index is 9.23. The van der Waals surface area contributed by atoms with Crippen LogP contribution in [0.15, 0.2) is 145 Å². The second-order valence-corrected chi connectivity index (χ2v) is 11.5. The van der Waals surface area contributed by atoms with Crippen LogP contribution >= 0.6 is 11.3 Å². The third-order valence-corrected chi connectivity index (χ3v) is 8.83. The summed E-state index contributed by atoms with van der Waals surface area (Å²) in [6, 6.07) is 23.2. The van der Waals surface area contributed by atoms with E-state index in [9.17, 15) is 1.37 Å². The summed E-state index contributed by atoms with van der Waals surface area (Å²) < 4.78 is 90.2. The molecule has 9 rings (SSSR count). The first-order valence-corrected chi connectivity index (χ1v) is 15.1. The Morgan fingerprint density at radius 2 is 1.22 bits per heavy atom. The Labute approximate surface area is 278 Å². The van der Waals surface area contributed by atoms with E-state index >= 15 is 0 Å². The molecule has 0 bridgehead atoms. The first-order valence-electron chi connectivity index (χ1n) is 19.3. The molecule has 3 heterocycles. The lowest BCUT2D eigenvalue weighted by atomic mass is 10.0. The molecule has 0 atom stereocenters. The molecule has 0 N–H and O–H groups in total. The number of thiophene rings is 1. The van der Waals surface area contributed by atoms with E-state index in [2.05, 4.69) is 0 Å². The van der Waals surface area contributed by atoms with E-state index in [4.69, 9.17) is 27.3 Å². The molecule has 0 unspecified atom stereocenters. The molecule has 0 spiro atoms. The van der Waals surface area contributed by atoms with Gasteiger partial charge in [-0.3, -0.25) is 0 Å². The van der Waals surface area contributed by atoms with Gasteiger partial charge >= 0.3 is 0 Å². The van der Waals surface area contributed by atoms with E-state index in [-0.39, 0.29) is 84.6 Å². The van der Waals surface area contributed by atoms with E-state index < -0.39 is 30.2 Å². The van der Waals surface area contributed by atoms with Crippen LogP contribution in [0.3, 0.4) is 0 Å². The first-order chi connectivity index (χ1) is 26.5. The second kappa shape index (κ2) is 10.5. The molecule has 6 aromatic carbocycles. The fraction of sp³-hybridized carbons (Fsp3) is 0.0250. The fourth-order valence-electron chi connectivity index (χ4n) is 5.79. The maximum Gasteiger partial charge on any atom is 0.163 e. The molecule has 45 heavy (non-hydrogen) atoms. The summed E-state index contributed by atoms with van der Waals surface area (Å²) in [6.07, 6.45) is 0. The molecule has 0 amide bonds. The lowest BCUT2D eigenvalue weighted by Crippen LogP contribution is -2.08.